The van der Waals surface area contributed by atoms with Crippen molar-refractivity contribution in [1.29, 1.82) is 0 Å². The van der Waals surface area contributed by atoms with Crippen LogP contribution in [-0.2, 0) is 11.3 Å². The zero-order chi connectivity index (χ0) is 14.7. The highest BCUT2D eigenvalue weighted by Gasteiger charge is 2.41. The Bertz CT molecular complexity index is 504. The Kier molecular flexibility index (Phi) is 6.49. The molecule has 2 aliphatic heterocycles. The Morgan fingerprint density at radius 3 is 2.95 bits per heavy atom. The molecule has 2 N–H and O–H groups in total. The average molecular weight is 419 g/mol. The van der Waals surface area contributed by atoms with Crippen molar-refractivity contribution in [2.45, 2.75) is 57.9 Å². The lowest BCUT2D eigenvalue weighted by Gasteiger charge is -2.22. The van der Waals surface area contributed by atoms with Gasteiger partial charge in [0.05, 0.1) is 24.8 Å². The summed E-state index contributed by atoms with van der Waals surface area (Å²) in [5.41, 5.74) is 0. The lowest BCUT2D eigenvalue weighted by atomic mass is 9.96. The summed E-state index contributed by atoms with van der Waals surface area (Å²) in [5, 5.41) is 6.85. The molecule has 0 aliphatic carbocycles. The number of halogens is 1. The van der Waals surface area contributed by atoms with Gasteiger partial charge in [0, 0.05) is 25.5 Å². The van der Waals surface area contributed by atoms with Gasteiger partial charge in [0.2, 0.25) is 0 Å². The molecule has 3 unspecified atom stereocenters. The fourth-order valence-electron chi connectivity index (χ4n) is 3.19. The first-order chi connectivity index (χ1) is 10.3. The van der Waals surface area contributed by atoms with Crippen LogP contribution in [0.5, 0.6) is 0 Å². The van der Waals surface area contributed by atoms with Crippen molar-refractivity contribution >= 4 is 29.9 Å². The summed E-state index contributed by atoms with van der Waals surface area (Å²) in [6, 6.07) is 0.413. The maximum Gasteiger partial charge on any atom is 0.191 e. The number of nitrogens with zero attached hydrogens (tertiary/aromatic N) is 3. The molecule has 6 nitrogen and oxygen atoms in total. The maximum atomic E-state index is 5.89. The van der Waals surface area contributed by atoms with Crippen molar-refractivity contribution in [2.75, 3.05) is 13.1 Å². The zero-order valence-electron chi connectivity index (χ0n) is 13.3. The van der Waals surface area contributed by atoms with Crippen molar-refractivity contribution in [3.05, 3.63) is 18.2 Å². The molecule has 0 radical (unpaired) electrons. The number of aromatic nitrogens is 2. The third-order valence-electron chi connectivity index (χ3n) is 4.31. The van der Waals surface area contributed by atoms with E-state index in [0.717, 1.165) is 37.8 Å². The first kappa shape index (κ1) is 17.5. The number of hydrogen-bond acceptors (Lipinski definition) is 3. The van der Waals surface area contributed by atoms with Crippen molar-refractivity contribution in [3.8, 4) is 0 Å². The Labute approximate surface area is 149 Å². The van der Waals surface area contributed by atoms with Gasteiger partial charge in [-0.2, -0.15) is 0 Å². The number of ether oxygens (including phenoxy) is 1. The van der Waals surface area contributed by atoms with E-state index in [2.05, 4.69) is 32.1 Å². The number of aryl methyl sites for hydroxylation is 1. The number of aliphatic imine (C=N–C) groups is 1. The van der Waals surface area contributed by atoms with Gasteiger partial charge in [0.1, 0.15) is 5.82 Å². The molecule has 2 bridgehead atoms. The first-order valence-electron chi connectivity index (χ1n) is 7.94. The Morgan fingerprint density at radius 1 is 1.50 bits per heavy atom. The fraction of sp³-hybridized carbons (Fsp3) is 0.733. The second kappa shape index (κ2) is 8.14. The molecule has 3 heterocycles. The summed E-state index contributed by atoms with van der Waals surface area (Å²) in [5.74, 6) is 1.93. The minimum Gasteiger partial charge on any atom is -0.373 e. The van der Waals surface area contributed by atoms with E-state index >= 15 is 0 Å². The number of imidazole rings is 1. The minimum absolute atomic E-state index is 0. The SMILES string of the molecule is CCNC(=NCCn1ccnc1C)NC1CC2CCC1O2.I. The second-order valence-electron chi connectivity index (χ2n) is 5.79. The summed E-state index contributed by atoms with van der Waals surface area (Å²) < 4.78 is 8.00. The van der Waals surface area contributed by atoms with Crippen LogP contribution in [0.25, 0.3) is 0 Å². The normalized spacial score (nSPS) is 26.8. The molecule has 124 valence electrons. The maximum absolute atomic E-state index is 5.89. The number of fused-ring (bicyclic) bond motifs is 2. The van der Waals surface area contributed by atoms with E-state index in [9.17, 15) is 0 Å². The molecule has 2 aliphatic rings. The van der Waals surface area contributed by atoms with Crippen LogP contribution in [0.1, 0.15) is 32.0 Å². The van der Waals surface area contributed by atoms with Crippen LogP contribution in [0.15, 0.2) is 17.4 Å². The van der Waals surface area contributed by atoms with Gasteiger partial charge in [-0.05, 0) is 33.1 Å². The molecule has 0 saturated carbocycles. The first-order valence-corrected chi connectivity index (χ1v) is 7.94. The molecule has 0 amide bonds. The molecule has 3 rings (SSSR count). The molecule has 0 aromatic carbocycles. The predicted molar refractivity (Wildman–Crippen MR) is 97.8 cm³/mol. The summed E-state index contributed by atoms with van der Waals surface area (Å²) in [6.07, 6.45) is 8.16. The van der Waals surface area contributed by atoms with E-state index in [1.54, 1.807) is 0 Å². The van der Waals surface area contributed by atoms with E-state index in [1.165, 1.54) is 12.8 Å². The largest absolute Gasteiger partial charge is 0.373 e. The molecule has 2 saturated heterocycles. The average Bonchev–Trinajstić information content (AvgIpc) is 3.17. The zero-order valence-corrected chi connectivity index (χ0v) is 15.6. The van der Waals surface area contributed by atoms with Crippen molar-refractivity contribution < 1.29 is 4.74 Å². The smallest absolute Gasteiger partial charge is 0.191 e. The van der Waals surface area contributed by atoms with Gasteiger partial charge in [-0.1, -0.05) is 0 Å². The lowest BCUT2D eigenvalue weighted by Crippen LogP contribution is -2.47. The van der Waals surface area contributed by atoms with Crippen LogP contribution in [-0.4, -0.2) is 46.8 Å². The third-order valence-corrected chi connectivity index (χ3v) is 4.31. The fourth-order valence-corrected chi connectivity index (χ4v) is 3.19. The molecule has 1 aromatic rings. The van der Waals surface area contributed by atoms with Crippen LogP contribution in [0.3, 0.4) is 0 Å². The van der Waals surface area contributed by atoms with Crippen LogP contribution < -0.4 is 10.6 Å². The number of hydrogen-bond donors (Lipinski definition) is 2. The molecule has 7 heteroatoms. The van der Waals surface area contributed by atoms with Gasteiger partial charge in [-0.15, -0.1) is 24.0 Å². The quantitative estimate of drug-likeness (QED) is 0.433. The van der Waals surface area contributed by atoms with Gasteiger partial charge in [0.25, 0.3) is 0 Å². The number of rotatable bonds is 5. The van der Waals surface area contributed by atoms with Gasteiger partial charge >= 0.3 is 0 Å². The summed E-state index contributed by atoms with van der Waals surface area (Å²) in [7, 11) is 0. The number of nitrogens with one attached hydrogen (secondary N) is 2. The summed E-state index contributed by atoms with van der Waals surface area (Å²) >= 11 is 0. The highest BCUT2D eigenvalue weighted by Crippen LogP contribution is 2.34. The Balaban J connectivity index is 0.00000176. The van der Waals surface area contributed by atoms with Crippen LogP contribution in [0.4, 0.5) is 0 Å². The Morgan fingerprint density at radius 2 is 2.36 bits per heavy atom. The molecular formula is C15H26IN5O. The van der Waals surface area contributed by atoms with Crippen molar-refractivity contribution in [3.63, 3.8) is 0 Å². The molecule has 0 spiro atoms. The standard InChI is InChI=1S/C15H25N5O.HI/c1-3-16-15(18-7-9-20-8-6-17-11(20)2)19-13-10-12-4-5-14(13)21-12;/h6,8,12-14H,3-5,7,9-10H2,1-2H3,(H2,16,18,19);1H. The Hall–Kier alpha value is -0.830. The van der Waals surface area contributed by atoms with Gasteiger partial charge < -0.3 is 19.9 Å². The van der Waals surface area contributed by atoms with E-state index in [0.29, 0.717) is 18.2 Å². The minimum atomic E-state index is 0. The van der Waals surface area contributed by atoms with E-state index < -0.39 is 0 Å². The lowest BCUT2D eigenvalue weighted by molar-refractivity contribution is 0.0992. The summed E-state index contributed by atoms with van der Waals surface area (Å²) in [4.78, 5) is 8.89. The van der Waals surface area contributed by atoms with Gasteiger partial charge in [-0.3, -0.25) is 4.99 Å². The van der Waals surface area contributed by atoms with Crippen LogP contribution in [0.2, 0.25) is 0 Å². The van der Waals surface area contributed by atoms with Crippen LogP contribution in [0, 0.1) is 6.92 Å². The van der Waals surface area contributed by atoms with E-state index in [1.807, 2.05) is 19.3 Å². The van der Waals surface area contributed by atoms with E-state index in [4.69, 9.17) is 4.74 Å². The molecule has 1 aromatic heterocycles. The van der Waals surface area contributed by atoms with Gasteiger partial charge in [-0.25, -0.2) is 4.98 Å². The molecule has 3 atom stereocenters. The molecular weight excluding hydrogens is 393 g/mol. The molecule has 22 heavy (non-hydrogen) atoms. The molecule has 2 fully saturated rings. The third kappa shape index (κ3) is 4.13. The summed E-state index contributed by atoms with van der Waals surface area (Å²) in [6.45, 7) is 6.58. The highest BCUT2D eigenvalue weighted by molar-refractivity contribution is 14.0. The monoisotopic (exact) mass is 419 g/mol. The number of guanidine groups is 1. The topological polar surface area (TPSA) is 63.5 Å². The van der Waals surface area contributed by atoms with Gasteiger partial charge in [0.15, 0.2) is 5.96 Å². The van der Waals surface area contributed by atoms with Crippen LogP contribution >= 0.6 is 24.0 Å². The highest BCUT2D eigenvalue weighted by atomic mass is 127. The van der Waals surface area contributed by atoms with Crippen molar-refractivity contribution in [1.82, 2.24) is 20.2 Å². The van der Waals surface area contributed by atoms with E-state index in [-0.39, 0.29) is 24.0 Å². The second-order valence-corrected chi connectivity index (χ2v) is 5.79. The van der Waals surface area contributed by atoms with Crippen molar-refractivity contribution in [2.24, 2.45) is 4.99 Å². The predicted octanol–water partition coefficient (Wildman–Crippen LogP) is 1.68.